The van der Waals surface area contributed by atoms with Gasteiger partial charge in [-0.1, -0.05) is 30.3 Å². The number of rotatable bonds is 4. The number of hydrogen-bond acceptors (Lipinski definition) is 2. The molecule has 5 heteroatoms. The predicted octanol–water partition coefficient (Wildman–Crippen LogP) is 0.326. The number of benzene rings is 1. The van der Waals surface area contributed by atoms with Gasteiger partial charge in [-0.15, -0.1) is 0 Å². The van der Waals surface area contributed by atoms with E-state index in [1.54, 1.807) is 0 Å². The predicted molar refractivity (Wildman–Crippen MR) is 78.3 cm³/mol. The fraction of sp³-hybridized carbons (Fsp3) is 0.467. The molecule has 0 heterocycles. The van der Waals surface area contributed by atoms with Crippen LogP contribution in [0.25, 0.3) is 0 Å². The Hall–Kier alpha value is -1.88. The fourth-order valence-electron chi connectivity index (χ4n) is 1.82. The molecule has 0 aliphatic carbocycles. The normalized spacial score (nSPS) is 12.6. The average Bonchev–Trinajstić information content (AvgIpc) is 2.26. The molecule has 1 aromatic carbocycles. The highest BCUT2D eigenvalue weighted by molar-refractivity contribution is 5.94. The quantitative estimate of drug-likeness (QED) is 0.743. The van der Waals surface area contributed by atoms with Crippen LogP contribution in [-0.2, 0) is 11.3 Å². The summed E-state index contributed by atoms with van der Waals surface area (Å²) in [6.07, 6.45) is 0. The SMILES string of the molecule is C[NH+](CC(=O)NC(=O)NC(C)(C)C)Cc1ccccc1. The highest BCUT2D eigenvalue weighted by Crippen LogP contribution is 1.97. The lowest BCUT2D eigenvalue weighted by Gasteiger charge is -2.20. The van der Waals surface area contributed by atoms with Gasteiger partial charge in [0.25, 0.3) is 5.91 Å². The van der Waals surface area contributed by atoms with Crippen LogP contribution in [-0.4, -0.2) is 31.1 Å². The van der Waals surface area contributed by atoms with E-state index in [1.807, 2.05) is 58.2 Å². The highest BCUT2D eigenvalue weighted by Gasteiger charge is 2.17. The minimum Gasteiger partial charge on any atom is -0.333 e. The monoisotopic (exact) mass is 278 g/mol. The molecule has 0 spiro atoms. The average molecular weight is 278 g/mol. The second-order valence-corrected chi connectivity index (χ2v) is 6.05. The third kappa shape index (κ3) is 6.89. The molecule has 3 N–H and O–H groups in total. The maximum atomic E-state index is 11.7. The lowest BCUT2D eigenvalue weighted by Crippen LogP contribution is -3.09. The molecule has 0 aliphatic rings. The molecule has 5 nitrogen and oxygen atoms in total. The second-order valence-electron chi connectivity index (χ2n) is 6.05. The van der Waals surface area contributed by atoms with Crippen molar-refractivity contribution in [2.45, 2.75) is 32.9 Å². The molecule has 3 amide bonds. The number of quaternary nitrogens is 1. The van der Waals surface area contributed by atoms with Crippen LogP contribution in [0.4, 0.5) is 4.79 Å². The van der Waals surface area contributed by atoms with Crippen LogP contribution in [0.2, 0.25) is 0 Å². The van der Waals surface area contributed by atoms with Gasteiger partial charge in [0.05, 0.1) is 7.05 Å². The minimum atomic E-state index is -0.449. The molecule has 0 aromatic heterocycles. The van der Waals surface area contributed by atoms with Crippen LogP contribution in [0.5, 0.6) is 0 Å². The zero-order valence-electron chi connectivity index (χ0n) is 12.6. The summed E-state index contributed by atoms with van der Waals surface area (Å²) in [5.74, 6) is -0.278. The smallest absolute Gasteiger partial charge is 0.322 e. The number of carbonyl (C=O) groups excluding carboxylic acids is 2. The Morgan fingerprint density at radius 2 is 1.75 bits per heavy atom. The van der Waals surface area contributed by atoms with E-state index < -0.39 is 6.03 Å². The molecule has 110 valence electrons. The van der Waals surface area contributed by atoms with Gasteiger partial charge in [0.2, 0.25) is 0 Å². The van der Waals surface area contributed by atoms with E-state index in [0.717, 1.165) is 17.0 Å². The fourth-order valence-corrected chi connectivity index (χ4v) is 1.82. The van der Waals surface area contributed by atoms with E-state index >= 15 is 0 Å². The standard InChI is InChI=1S/C15H23N3O2/c1-15(2,3)17-14(20)16-13(19)11-18(4)10-12-8-6-5-7-9-12/h5-9H,10-11H2,1-4H3,(H2,16,17,19,20)/p+1. The van der Waals surface area contributed by atoms with Gasteiger partial charge in [0.1, 0.15) is 6.54 Å². The van der Waals surface area contributed by atoms with E-state index in [1.165, 1.54) is 0 Å². The molecule has 1 aromatic rings. The van der Waals surface area contributed by atoms with Crippen LogP contribution in [0.1, 0.15) is 26.3 Å². The second kappa shape index (κ2) is 7.05. The van der Waals surface area contributed by atoms with Crippen LogP contribution in [0, 0.1) is 0 Å². The van der Waals surface area contributed by atoms with Crippen LogP contribution in [0.15, 0.2) is 30.3 Å². The summed E-state index contributed by atoms with van der Waals surface area (Å²) in [6.45, 7) is 6.60. The molecule has 20 heavy (non-hydrogen) atoms. The lowest BCUT2D eigenvalue weighted by atomic mass is 10.1. The summed E-state index contributed by atoms with van der Waals surface area (Å²) in [5, 5.41) is 5.04. The molecular weight excluding hydrogens is 254 g/mol. The van der Waals surface area contributed by atoms with Crippen LogP contribution < -0.4 is 15.5 Å². The van der Waals surface area contributed by atoms with Crippen molar-refractivity contribution in [3.8, 4) is 0 Å². The molecule has 1 atom stereocenters. The Kier molecular flexibility index (Phi) is 5.70. The Bertz CT molecular complexity index is 452. The summed E-state index contributed by atoms with van der Waals surface area (Å²) in [7, 11) is 1.92. The van der Waals surface area contributed by atoms with Gasteiger partial charge in [0, 0.05) is 11.1 Å². The lowest BCUT2D eigenvalue weighted by molar-refractivity contribution is -0.885. The number of imide groups is 1. The van der Waals surface area contributed by atoms with Crippen molar-refractivity contribution in [1.29, 1.82) is 0 Å². The minimum absolute atomic E-state index is 0.256. The first-order valence-corrected chi connectivity index (χ1v) is 6.73. The van der Waals surface area contributed by atoms with Gasteiger partial charge >= 0.3 is 6.03 Å². The molecule has 1 unspecified atom stereocenters. The number of likely N-dealkylation sites (N-methyl/N-ethyl adjacent to an activating group) is 1. The van der Waals surface area contributed by atoms with E-state index in [9.17, 15) is 9.59 Å². The van der Waals surface area contributed by atoms with Crippen LogP contribution >= 0.6 is 0 Å². The van der Waals surface area contributed by atoms with E-state index in [4.69, 9.17) is 0 Å². The topological polar surface area (TPSA) is 62.6 Å². The van der Waals surface area contributed by atoms with Crippen LogP contribution in [0.3, 0.4) is 0 Å². The number of carbonyl (C=O) groups is 2. The van der Waals surface area contributed by atoms with Crippen molar-refractivity contribution in [2.75, 3.05) is 13.6 Å². The van der Waals surface area contributed by atoms with Gasteiger partial charge in [-0.3, -0.25) is 10.1 Å². The summed E-state index contributed by atoms with van der Waals surface area (Å²) < 4.78 is 0. The zero-order valence-corrected chi connectivity index (χ0v) is 12.6. The van der Waals surface area contributed by atoms with Gasteiger partial charge in [-0.25, -0.2) is 4.79 Å². The van der Waals surface area contributed by atoms with Gasteiger partial charge in [0.15, 0.2) is 6.54 Å². The Morgan fingerprint density at radius 1 is 1.15 bits per heavy atom. The van der Waals surface area contributed by atoms with E-state index in [2.05, 4.69) is 10.6 Å². The molecule has 0 radical (unpaired) electrons. The van der Waals surface area contributed by atoms with Crippen molar-refractivity contribution < 1.29 is 14.5 Å². The molecule has 0 saturated carbocycles. The van der Waals surface area contributed by atoms with Gasteiger partial charge < -0.3 is 10.2 Å². The van der Waals surface area contributed by atoms with E-state index in [0.29, 0.717) is 0 Å². The maximum Gasteiger partial charge on any atom is 0.322 e. The van der Waals surface area contributed by atoms with Crippen molar-refractivity contribution in [3.63, 3.8) is 0 Å². The summed E-state index contributed by atoms with van der Waals surface area (Å²) >= 11 is 0. The molecule has 0 fully saturated rings. The van der Waals surface area contributed by atoms with Gasteiger partial charge in [-0.2, -0.15) is 0 Å². The molecular formula is C15H24N3O2+. The third-order valence-corrected chi connectivity index (χ3v) is 2.55. The zero-order chi connectivity index (χ0) is 15.2. The molecule has 0 saturated heterocycles. The summed E-state index contributed by atoms with van der Waals surface area (Å²) in [5.41, 5.74) is 0.810. The number of hydrogen-bond donors (Lipinski definition) is 3. The summed E-state index contributed by atoms with van der Waals surface area (Å²) in [4.78, 5) is 24.3. The maximum absolute atomic E-state index is 11.7. The number of urea groups is 1. The molecule has 0 aliphatic heterocycles. The largest absolute Gasteiger partial charge is 0.333 e. The Labute approximate surface area is 120 Å². The van der Waals surface area contributed by atoms with Crippen molar-refractivity contribution in [3.05, 3.63) is 35.9 Å². The van der Waals surface area contributed by atoms with E-state index in [-0.39, 0.29) is 18.0 Å². The first-order chi connectivity index (χ1) is 9.26. The third-order valence-electron chi connectivity index (χ3n) is 2.55. The first kappa shape index (κ1) is 16.2. The molecule has 0 bridgehead atoms. The van der Waals surface area contributed by atoms with Crippen molar-refractivity contribution >= 4 is 11.9 Å². The highest BCUT2D eigenvalue weighted by atomic mass is 16.2. The molecule has 1 rings (SSSR count). The van der Waals surface area contributed by atoms with Gasteiger partial charge in [-0.05, 0) is 20.8 Å². The van der Waals surface area contributed by atoms with Crippen molar-refractivity contribution in [1.82, 2.24) is 10.6 Å². The van der Waals surface area contributed by atoms with Crippen molar-refractivity contribution in [2.24, 2.45) is 0 Å². The summed E-state index contributed by atoms with van der Waals surface area (Å²) in [6, 6.07) is 9.50. The Balaban J connectivity index is 2.37. The number of amides is 3. The number of nitrogens with one attached hydrogen (secondary N) is 3. The Morgan fingerprint density at radius 3 is 2.30 bits per heavy atom. The first-order valence-electron chi connectivity index (χ1n) is 6.73.